The molecule has 0 aromatic heterocycles. The number of amides is 3. The maximum absolute atomic E-state index is 12.5. The first-order valence-corrected chi connectivity index (χ1v) is 9.37. The zero-order chi connectivity index (χ0) is 20.6. The van der Waals surface area contributed by atoms with Crippen LogP contribution in [0.15, 0.2) is 24.3 Å². The molecule has 6 heteroatoms. The van der Waals surface area contributed by atoms with Crippen molar-refractivity contribution in [2.75, 3.05) is 25.0 Å². The maximum atomic E-state index is 12.5. The third kappa shape index (κ3) is 9.78. The predicted molar refractivity (Wildman–Crippen MR) is 108 cm³/mol. The molecular weight excluding hydrogens is 342 g/mol. The fraction of sp³-hybridized carbons (Fsp3) is 0.571. The van der Waals surface area contributed by atoms with E-state index in [4.69, 9.17) is 0 Å². The second-order valence-corrected chi connectivity index (χ2v) is 8.60. The van der Waals surface area contributed by atoms with E-state index in [0.717, 1.165) is 5.56 Å². The normalized spacial score (nSPS) is 11.2. The zero-order valence-electron chi connectivity index (χ0n) is 17.4. The van der Waals surface area contributed by atoms with Crippen LogP contribution in [0.25, 0.3) is 0 Å². The number of rotatable bonds is 8. The smallest absolute Gasteiger partial charge is 0.243 e. The van der Waals surface area contributed by atoms with Gasteiger partial charge in [-0.25, -0.2) is 0 Å². The van der Waals surface area contributed by atoms with Crippen molar-refractivity contribution in [1.29, 1.82) is 0 Å². The number of nitrogens with zero attached hydrogens (tertiary/aromatic N) is 1. The first-order chi connectivity index (χ1) is 12.5. The molecule has 0 aliphatic rings. The van der Waals surface area contributed by atoms with Gasteiger partial charge in [0.1, 0.15) is 0 Å². The summed E-state index contributed by atoms with van der Waals surface area (Å²) in [7, 11) is 0. The van der Waals surface area contributed by atoms with E-state index in [2.05, 4.69) is 10.6 Å². The number of anilines is 1. The lowest BCUT2D eigenvalue weighted by atomic mass is 9.91. The molecule has 0 atom stereocenters. The number of hydrogen-bond acceptors (Lipinski definition) is 3. The van der Waals surface area contributed by atoms with E-state index in [0.29, 0.717) is 18.7 Å². The lowest BCUT2D eigenvalue weighted by Gasteiger charge is -2.27. The van der Waals surface area contributed by atoms with Gasteiger partial charge in [0.15, 0.2) is 0 Å². The fourth-order valence-electron chi connectivity index (χ4n) is 2.60. The van der Waals surface area contributed by atoms with Crippen molar-refractivity contribution in [3.63, 3.8) is 0 Å². The monoisotopic (exact) mass is 375 g/mol. The summed E-state index contributed by atoms with van der Waals surface area (Å²) in [5.41, 5.74) is 1.59. The molecule has 27 heavy (non-hydrogen) atoms. The average Bonchev–Trinajstić information content (AvgIpc) is 2.50. The Labute approximate surface area is 162 Å². The van der Waals surface area contributed by atoms with Crippen molar-refractivity contribution in [3.8, 4) is 0 Å². The quantitative estimate of drug-likeness (QED) is 0.733. The van der Waals surface area contributed by atoms with Crippen LogP contribution in [0.5, 0.6) is 0 Å². The largest absolute Gasteiger partial charge is 0.345 e. The molecule has 0 aliphatic carbocycles. The molecule has 0 saturated carbocycles. The van der Waals surface area contributed by atoms with Gasteiger partial charge in [-0.05, 0) is 36.0 Å². The molecule has 0 bridgehead atoms. The van der Waals surface area contributed by atoms with Crippen molar-refractivity contribution >= 4 is 23.4 Å². The SMILES string of the molecule is Cc1cccc(NC(=O)CNC(=O)CN(CC(C)C)C(=O)CC(C)(C)C)c1. The molecule has 6 nitrogen and oxygen atoms in total. The highest BCUT2D eigenvalue weighted by molar-refractivity contribution is 5.95. The van der Waals surface area contributed by atoms with Crippen LogP contribution < -0.4 is 10.6 Å². The van der Waals surface area contributed by atoms with Crippen molar-refractivity contribution < 1.29 is 14.4 Å². The van der Waals surface area contributed by atoms with Gasteiger partial charge in [-0.1, -0.05) is 46.8 Å². The first kappa shape index (κ1) is 22.7. The molecule has 3 amide bonds. The van der Waals surface area contributed by atoms with Gasteiger partial charge in [-0.2, -0.15) is 0 Å². The van der Waals surface area contributed by atoms with Crippen molar-refractivity contribution in [2.24, 2.45) is 11.3 Å². The Morgan fingerprint density at radius 2 is 1.78 bits per heavy atom. The lowest BCUT2D eigenvalue weighted by Crippen LogP contribution is -2.44. The molecule has 0 aliphatic heterocycles. The zero-order valence-corrected chi connectivity index (χ0v) is 17.4. The van der Waals surface area contributed by atoms with Crippen LogP contribution in [0, 0.1) is 18.3 Å². The average molecular weight is 376 g/mol. The molecule has 1 rings (SSSR count). The Balaban J connectivity index is 2.55. The molecule has 0 unspecified atom stereocenters. The Kier molecular flexibility index (Phi) is 8.47. The van der Waals surface area contributed by atoms with Gasteiger partial charge >= 0.3 is 0 Å². The maximum Gasteiger partial charge on any atom is 0.243 e. The molecule has 2 N–H and O–H groups in total. The third-order valence-electron chi connectivity index (χ3n) is 3.70. The minimum atomic E-state index is -0.336. The second-order valence-electron chi connectivity index (χ2n) is 8.60. The van der Waals surface area contributed by atoms with E-state index in [1.807, 2.05) is 59.7 Å². The van der Waals surface area contributed by atoms with Crippen LogP contribution in [0.3, 0.4) is 0 Å². The van der Waals surface area contributed by atoms with E-state index in [1.54, 1.807) is 11.0 Å². The molecule has 0 heterocycles. The summed E-state index contributed by atoms with van der Waals surface area (Å²) in [6.45, 7) is 12.3. The predicted octanol–water partition coefficient (Wildman–Crippen LogP) is 2.97. The number of carbonyl (C=O) groups excluding carboxylic acids is 3. The summed E-state index contributed by atoms with van der Waals surface area (Å²) in [5.74, 6) is -0.426. The highest BCUT2D eigenvalue weighted by Gasteiger charge is 2.23. The first-order valence-electron chi connectivity index (χ1n) is 9.37. The van der Waals surface area contributed by atoms with Crippen LogP contribution in [0.4, 0.5) is 5.69 Å². The van der Waals surface area contributed by atoms with Gasteiger partial charge in [0.2, 0.25) is 17.7 Å². The Bertz CT molecular complexity index is 663. The third-order valence-corrected chi connectivity index (χ3v) is 3.70. The van der Waals surface area contributed by atoms with Gasteiger partial charge in [0.25, 0.3) is 0 Å². The van der Waals surface area contributed by atoms with Crippen LogP contribution >= 0.6 is 0 Å². The number of benzene rings is 1. The van der Waals surface area contributed by atoms with Gasteiger partial charge < -0.3 is 15.5 Å². The van der Waals surface area contributed by atoms with Crippen molar-refractivity contribution in [3.05, 3.63) is 29.8 Å². The van der Waals surface area contributed by atoms with Gasteiger partial charge in [-0.3, -0.25) is 14.4 Å². The van der Waals surface area contributed by atoms with Crippen LogP contribution in [0.2, 0.25) is 0 Å². The van der Waals surface area contributed by atoms with E-state index < -0.39 is 0 Å². The molecular formula is C21H33N3O3. The van der Waals surface area contributed by atoms with E-state index in [9.17, 15) is 14.4 Å². The Morgan fingerprint density at radius 1 is 1.11 bits per heavy atom. The molecule has 0 radical (unpaired) electrons. The summed E-state index contributed by atoms with van der Waals surface area (Å²) >= 11 is 0. The van der Waals surface area contributed by atoms with Crippen LogP contribution in [-0.4, -0.2) is 42.3 Å². The van der Waals surface area contributed by atoms with Crippen molar-refractivity contribution in [2.45, 2.75) is 48.0 Å². The molecule has 0 saturated heterocycles. The summed E-state index contributed by atoms with van der Waals surface area (Å²) in [6, 6.07) is 7.45. The summed E-state index contributed by atoms with van der Waals surface area (Å²) in [4.78, 5) is 38.3. The van der Waals surface area contributed by atoms with E-state index in [1.165, 1.54) is 0 Å². The molecule has 150 valence electrons. The van der Waals surface area contributed by atoms with Gasteiger partial charge in [0.05, 0.1) is 13.1 Å². The summed E-state index contributed by atoms with van der Waals surface area (Å²) in [5, 5.41) is 5.34. The molecule has 1 aromatic rings. The molecule has 0 fully saturated rings. The Morgan fingerprint density at radius 3 is 2.33 bits per heavy atom. The van der Waals surface area contributed by atoms with E-state index >= 15 is 0 Å². The summed E-state index contributed by atoms with van der Waals surface area (Å²) in [6.07, 6.45) is 0.376. The highest BCUT2D eigenvalue weighted by Crippen LogP contribution is 2.20. The molecule has 1 aromatic carbocycles. The minimum Gasteiger partial charge on any atom is -0.345 e. The number of nitrogens with one attached hydrogen (secondary N) is 2. The number of aryl methyl sites for hydroxylation is 1. The van der Waals surface area contributed by atoms with Gasteiger partial charge in [-0.15, -0.1) is 0 Å². The minimum absolute atomic E-state index is 0.0369. The van der Waals surface area contributed by atoms with E-state index in [-0.39, 0.29) is 42.1 Å². The van der Waals surface area contributed by atoms with Crippen molar-refractivity contribution in [1.82, 2.24) is 10.2 Å². The second kappa shape index (κ2) is 10.1. The highest BCUT2D eigenvalue weighted by atomic mass is 16.2. The van der Waals surface area contributed by atoms with Crippen LogP contribution in [0.1, 0.15) is 46.6 Å². The standard InChI is InChI=1S/C21H33N3O3/c1-15(2)13-24(20(27)11-21(4,5)6)14-19(26)22-12-18(25)23-17-9-7-8-16(3)10-17/h7-10,15H,11-14H2,1-6H3,(H,22,26)(H,23,25). The number of hydrogen-bond donors (Lipinski definition) is 2. The fourth-order valence-corrected chi connectivity index (χ4v) is 2.60. The van der Waals surface area contributed by atoms with Gasteiger partial charge in [0, 0.05) is 18.7 Å². The Hall–Kier alpha value is -2.37. The molecule has 0 spiro atoms. The number of carbonyl (C=O) groups is 3. The van der Waals surface area contributed by atoms with Crippen LogP contribution in [-0.2, 0) is 14.4 Å². The lowest BCUT2D eigenvalue weighted by molar-refractivity contribution is -0.138. The summed E-state index contributed by atoms with van der Waals surface area (Å²) < 4.78 is 0. The topological polar surface area (TPSA) is 78.5 Å².